The van der Waals surface area contributed by atoms with Crippen LogP contribution in [0.4, 0.5) is 0 Å². The molecule has 3 rings (SSSR count). The minimum absolute atomic E-state index is 0.0130. The number of fused-ring (bicyclic) bond motifs is 3. The van der Waals surface area contributed by atoms with Gasteiger partial charge >= 0.3 is 5.97 Å². The Kier molecular flexibility index (Phi) is 3.34. The van der Waals surface area contributed by atoms with Gasteiger partial charge in [-0.15, -0.1) is 0 Å². The van der Waals surface area contributed by atoms with Gasteiger partial charge in [0.05, 0.1) is 24.2 Å². The molecule has 2 aromatic rings. The summed E-state index contributed by atoms with van der Waals surface area (Å²) in [4.78, 5) is 14.6. The van der Waals surface area contributed by atoms with E-state index in [9.17, 15) is 9.90 Å². The molecule has 0 radical (unpaired) electrons. The molecular weight excluding hydrogens is 322 g/mol. The number of nitrogens with one attached hydrogen (secondary N) is 1. The summed E-state index contributed by atoms with van der Waals surface area (Å²) in [5.74, 6) is -0.836. The first-order valence-corrected chi connectivity index (χ1v) is 7.52. The Morgan fingerprint density at radius 3 is 3.05 bits per heavy atom. The average Bonchev–Trinajstić information content (AvgIpc) is 2.80. The van der Waals surface area contributed by atoms with Crippen LogP contribution in [0.25, 0.3) is 10.9 Å². The fourth-order valence-electron chi connectivity index (χ4n) is 3.09. The number of carboxylic acid groups (broad SMARTS) is 1. The number of ether oxygens (including phenoxy) is 1. The van der Waals surface area contributed by atoms with Crippen LogP contribution in [0.2, 0.25) is 0 Å². The maximum atomic E-state index is 11.2. The Bertz CT molecular complexity index is 679. The molecule has 0 spiro atoms. The summed E-state index contributed by atoms with van der Waals surface area (Å²) < 4.78 is 6.88. The summed E-state index contributed by atoms with van der Waals surface area (Å²) in [7, 11) is 0. The smallest absolute Gasteiger partial charge is 0.306 e. The highest BCUT2D eigenvalue weighted by molar-refractivity contribution is 9.10. The number of rotatable bonds is 3. The molecular formula is C15H16BrNO3. The summed E-state index contributed by atoms with van der Waals surface area (Å²) >= 11 is 3.55. The third-order valence-corrected chi connectivity index (χ3v) is 4.75. The third kappa shape index (κ3) is 1.96. The number of aromatic nitrogens is 1. The van der Waals surface area contributed by atoms with Gasteiger partial charge in [0.1, 0.15) is 5.60 Å². The summed E-state index contributed by atoms with van der Waals surface area (Å²) in [5, 5.41) is 10.4. The summed E-state index contributed by atoms with van der Waals surface area (Å²) in [6, 6.07) is 6.05. The molecule has 2 heterocycles. The van der Waals surface area contributed by atoms with E-state index in [0.29, 0.717) is 13.0 Å². The van der Waals surface area contributed by atoms with Gasteiger partial charge < -0.3 is 14.8 Å². The first-order valence-electron chi connectivity index (χ1n) is 6.72. The standard InChI is InChI=1S/C15H16BrNO3/c1-2-15(8-12(18)19)14-10(6-7-20-15)9-4-3-5-11(16)13(9)17-14/h3-5,17H,2,6-8H2,1H3,(H,18,19). The second kappa shape index (κ2) is 4.90. The number of aromatic amines is 1. The van der Waals surface area contributed by atoms with Gasteiger partial charge in [-0.1, -0.05) is 19.1 Å². The van der Waals surface area contributed by atoms with Crippen molar-refractivity contribution in [2.75, 3.05) is 6.61 Å². The topological polar surface area (TPSA) is 62.3 Å². The Balaban J connectivity index is 2.24. The number of carbonyl (C=O) groups is 1. The number of carboxylic acids is 1. The van der Waals surface area contributed by atoms with Crippen molar-refractivity contribution in [2.24, 2.45) is 0 Å². The van der Waals surface area contributed by atoms with Crippen molar-refractivity contribution in [2.45, 2.75) is 31.8 Å². The van der Waals surface area contributed by atoms with Crippen LogP contribution in [0.15, 0.2) is 22.7 Å². The lowest BCUT2D eigenvalue weighted by Crippen LogP contribution is -2.37. The molecule has 2 N–H and O–H groups in total. The monoisotopic (exact) mass is 337 g/mol. The van der Waals surface area contributed by atoms with Crippen LogP contribution >= 0.6 is 15.9 Å². The number of hydrogen-bond donors (Lipinski definition) is 2. The lowest BCUT2D eigenvalue weighted by Gasteiger charge is -2.35. The van der Waals surface area contributed by atoms with E-state index >= 15 is 0 Å². The van der Waals surface area contributed by atoms with Crippen molar-refractivity contribution < 1.29 is 14.6 Å². The van der Waals surface area contributed by atoms with Gasteiger partial charge in [0.15, 0.2) is 0 Å². The van der Waals surface area contributed by atoms with Crippen LogP contribution < -0.4 is 0 Å². The Hall–Kier alpha value is -1.33. The van der Waals surface area contributed by atoms with Crippen molar-refractivity contribution >= 4 is 32.8 Å². The van der Waals surface area contributed by atoms with Gasteiger partial charge in [0.2, 0.25) is 0 Å². The molecule has 0 bridgehead atoms. The molecule has 106 valence electrons. The number of H-pyrrole nitrogens is 1. The molecule has 1 atom stereocenters. The molecule has 0 saturated heterocycles. The normalized spacial score (nSPS) is 21.9. The fourth-order valence-corrected chi connectivity index (χ4v) is 3.56. The third-order valence-electron chi connectivity index (χ3n) is 4.08. The Labute approximate surface area is 125 Å². The van der Waals surface area contributed by atoms with Crippen molar-refractivity contribution in [3.8, 4) is 0 Å². The van der Waals surface area contributed by atoms with Gasteiger partial charge in [-0.05, 0) is 40.4 Å². The second-order valence-corrected chi connectivity index (χ2v) is 6.01. The highest BCUT2D eigenvalue weighted by atomic mass is 79.9. The molecule has 1 aliphatic rings. The van der Waals surface area contributed by atoms with Crippen LogP contribution in [-0.4, -0.2) is 22.7 Å². The number of halogens is 1. The van der Waals surface area contributed by atoms with Gasteiger partial charge in [-0.3, -0.25) is 4.79 Å². The van der Waals surface area contributed by atoms with Gasteiger partial charge in [-0.2, -0.15) is 0 Å². The first-order chi connectivity index (χ1) is 9.57. The van der Waals surface area contributed by atoms with E-state index in [1.165, 1.54) is 5.56 Å². The van der Waals surface area contributed by atoms with Gasteiger partial charge in [-0.25, -0.2) is 0 Å². The molecule has 4 nitrogen and oxygen atoms in total. The summed E-state index contributed by atoms with van der Waals surface area (Å²) in [6.45, 7) is 2.53. The summed E-state index contributed by atoms with van der Waals surface area (Å²) in [6.07, 6.45) is 1.44. The predicted octanol–water partition coefficient (Wildman–Crippen LogP) is 3.58. The average molecular weight is 338 g/mol. The zero-order valence-corrected chi connectivity index (χ0v) is 12.8. The van der Waals surface area contributed by atoms with Crippen molar-refractivity contribution in [3.63, 3.8) is 0 Å². The van der Waals surface area contributed by atoms with E-state index in [2.05, 4.69) is 27.0 Å². The van der Waals surface area contributed by atoms with Crippen molar-refractivity contribution in [1.82, 2.24) is 4.98 Å². The molecule has 20 heavy (non-hydrogen) atoms. The van der Waals surface area contributed by atoms with E-state index in [0.717, 1.165) is 27.5 Å². The lowest BCUT2D eigenvalue weighted by molar-refractivity contribution is -0.148. The van der Waals surface area contributed by atoms with Crippen LogP contribution in [0.3, 0.4) is 0 Å². The molecule has 1 unspecified atom stereocenters. The number of para-hydroxylation sites is 1. The molecule has 1 aromatic heterocycles. The fraction of sp³-hybridized carbons (Fsp3) is 0.400. The second-order valence-electron chi connectivity index (χ2n) is 5.16. The molecule has 0 fully saturated rings. The van der Waals surface area contributed by atoms with E-state index < -0.39 is 11.6 Å². The number of hydrogen-bond acceptors (Lipinski definition) is 2. The SMILES string of the molecule is CCC1(CC(=O)O)OCCc2c1[nH]c1c(Br)cccc21. The lowest BCUT2D eigenvalue weighted by atomic mass is 9.86. The minimum atomic E-state index is -0.836. The van der Waals surface area contributed by atoms with Gasteiger partial charge in [0, 0.05) is 9.86 Å². The molecule has 0 amide bonds. The van der Waals surface area contributed by atoms with Crippen molar-refractivity contribution in [3.05, 3.63) is 33.9 Å². The van der Waals surface area contributed by atoms with Crippen LogP contribution in [0.1, 0.15) is 31.0 Å². The first kappa shape index (κ1) is 13.6. The maximum Gasteiger partial charge on any atom is 0.306 e. The Morgan fingerprint density at radius 1 is 1.55 bits per heavy atom. The van der Waals surface area contributed by atoms with Crippen LogP contribution in [-0.2, 0) is 21.6 Å². The zero-order valence-electron chi connectivity index (χ0n) is 11.2. The van der Waals surface area contributed by atoms with E-state index in [1.54, 1.807) is 0 Å². The highest BCUT2D eigenvalue weighted by Crippen LogP contribution is 2.42. The molecule has 0 aliphatic carbocycles. The molecule has 1 aromatic carbocycles. The van der Waals surface area contributed by atoms with Crippen LogP contribution in [0, 0.1) is 0 Å². The largest absolute Gasteiger partial charge is 0.481 e. The number of benzene rings is 1. The quantitative estimate of drug-likeness (QED) is 0.899. The molecule has 1 aliphatic heterocycles. The maximum absolute atomic E-state index is 11.2. The Morgan fingerprint density at radius 2 is 2.35 bits per heavy atom. The van der Waals surface area contributed by atoms with E-state index in [4.69, 9.17) is 4.74 Å². The highest BCUT2D eigenvalue weighted by Gasteiger charge is 2.40. The van der Waals surface area contributed by atoms with Crippen molar-refractivity contribution in [1.29, 1.82) is 0 Å². The number of aliphatic carboxylic acids is 1. The van der Waals surface area contributed by atoms with E-state index in [-0.39, 0.29) is 6.42 Å². The molecule has 0 saturated carbocycles. The van der Waals surface area contributed by atoms with E-state index in [1.807, 2.05) is 19.1 Å². The summed E-state index contributed by atoms with van der Waals surface area (Å²) in [5.41, 5.74) is 2.40. The zero-order chi connectivity index (χ0) is 14.3. The molecule has 5 heteroatoms. The minimum Gasteiger partial charge on any atom is -0.481 e. The van der Waals surface area contributed by atoms with Crippen LogP contribution in [0.5, 0.6) is 0 Å². The predicted molar refractivity (Wildman–Crippen MR) is 79.9 cm³/mol. The van der Waals surface area contributed by atoms with Gasteiger partial charge in [0.25, 0.3) is 0 Å².